The van der Waals surface area contributed by atoms with Crippen molar-refractivity contribution in [1.82, 2.24) is 0 Å². The molecule has 3 saturated carbocycles. The molecule has 0 aromatic carbocycles. The van der Waals surface area contributed by atoms with E-state index in [2.05, 4.69) is 13.8 Å². The van der Waals surface area contributed by atoms with Crippen LogP contribution in [0.15, 0.2) is 11.6 Å². The molecule has 0 radical (unpaired) electrons. The summed E-state index contributed by atoms with van der Waals surface area (Å²) in [4.78, 5) is 25.1. The van der Waals surface area contributed by atoms with Crippen LogP contribution in [0.25, 0.3) is 0 Å². The van der Waals surface area contributed by atoms with Gasteiger partial charge in [-0.1, -0.05) is 20.8 Å². The summed E-state index contributed by atoms with van der Waals surface area (Å²) in [6, 6.07) is 0. The molecule has 4 aliphatic carbocycles. The molecule has 1 unspecified atom stereocenters. The smallest absolute Gasteiger partial charge is 0.302 e. The van der Waals surface area contributed by atoms with E-state index in [4.69, 9.17) is 4.74 Å². The summed E-state index contributed by atoms with van der Waals surface area (Å²) in [6.45, 7) is 11.1. The van der Waals surface area contributed by atoms with Crippen LogP contribution in [0.3, 0.4) is 0 Å². The Morgan fingerprint density at radius 1 is 1.22 bits per heavy atom. The normalized spacial score (nSPS) is 44.1. The maximum absolute atomic E-state index is 13.4. The minimum Gasteiger partial charge on any atom is -0.460 e. The number of fused-ring (bicyclic) bond motifs is 5. The first-order chi connectivity index (χ1) is 16.5. The summed E-state index contributed by atoms with van der Waals surface area (Å²) in [5.41, 5.74) is -2.15. The Morgan fingerprint density at radius 3 is 2.50 bits per heavy atom. The fourth-order valence-electron chi connectivity index (χ4n) is 8.60. The Labute approximate surface area is 215 Å². The highest BCUT2D eigenvalue weighted by Crippen LogP contribution is 2.68. The second-order valence-electron chi connectivity index (χ2n) is 13.5. The van der Waals surface area contributed by atoms with E-state index in [0.717, 1.165) is 24.8 Å². The molecule has 0 heterocycles. The van der Waals surface area contributed by atoms with E-state index in [1.54, 1.807) is 19.9 Å². The van der Waals surface area contributed by atoms with Crippen LogP contribution in [0.5, 0.6) is 0 Å². The number of aliphatic hydroxyl groups is 4. The van der Waals surface area contributed by atoms with Gasteiger partial charge in [0, 0.05) is 18.3 Å². The van der Waals surface area contributed by atoms with Gasteiger partial charge in [0.15, 0.2) is 5.78 Å². The van der Waals surface area contributed by atoms with E-state index in [9.17, 15) is 30.0 Å². The summed E-state index contributed by atoms with van der Waals surface area (Å²) in [7, 11) is 0. The SMILES string of the molecule is CC(=O)O[C@H]1C[C@]2(C)C3CC[C@]4(C)[C@@H]([C@H](C)[C@H](O)CCC(C)(C)O)CC[C@@]4(O)C3=CC(=O)[C@@H]2C[C@H]1O. The monoisotopic (exact) mass is 506 g/mol. The van der Waals surface area contributed by atoms with Crippen molar-refractivity contribution in [1.29, 1.82) is 0 Å². The molecule has 4 N–H and O–H groups in total. The van der Waals surface area contributed by atoms with E-state index < -0.39 is 46.3 Å². The van der Waals surface area contributed by atoms with Gasteiger partial charge in [0.1, 0.15) is 6.10 Å². The largest absolute Gasteiger partial charge is 0.460 e. The van der Waals surface area contributed by atoms with Gasteiger partial charge in [-0.25, -0.2) is 0 Å². The molecule has 0 aromatic heterocycles. The van der Waals surface area contributed by atoms with Gasteiger partial charge in [-0.3, -0.25) is 9.59 Å². The predicted molar refractivity (Wildman–Crippen MR) is 135 cm³/mol. The lowest BCUT2D eigenvalue weighted by molar-refractivity contribution is -0.173. The number of hydrogen-bond acceptors (Lipinski definition) is 7. The maximum atomic E-state index is 13.4. The van der Waals surface area contributed by atoms with Crippen LogP contribution >= 0.6 is 0 Å². The van der Waals surface area contributed by atoms with Gasteiger partial charge in [0.05, 0.1) is 23.4 Å². The zero-order valence-electron chi connectivity index (χ0n) is 22.8. The molecule has 0 spiro atoms. The third-order valence-corrected chi connectivity index (χ3v) is 10.8. The van der Waals surface area contributed by atoms with Gasteiger partial charge in [0.2, 0.25) is 0 Å². The Kier molecular flexibility index (Phi) is 7.07. The molecule has 4 rings (SSSR count). The first kappa shape index (κ1) is 27.7. The molecule has 10 atom stereocenters. The summed E-state index contributed by atoms with van der Waals surface area (Å²) in [6.07, 6.45) is 4.12. The molecular weight excluding hydrogens is 460 g/mol. The van der Waals surface area contributed by atoms with Crippen molar-refractivity contribution >= 4 is 11.8 Å². The fourth-order valence-corrected chi connectivity index (χ4v) is 8.60. The maximum Gasteiger partial charge on any atom is 0.302 e. The quantitative estimate of drug-likeness (QED) is 0.408. The fraction of sp³-hybridized carbons (Fsp3) is 0.862. The van der Waals surface area contributed by atoms with E-state index in [-0.39, 0.29) is 35.9 Å². The van der Waals surface area contributed by atoms with Crippen LogP contribution in [0.4, 0.5) is 0 Å². The molecule has 0 aliphatic heterocycles. The second kappa shape index (κ2) is 9.18. The van der Waals surface area contributed by atoms with E-state index in [1.807, 2.05) is 6.92 Å². The van der Waals surface area contributed by atoms with Crippen molar-refractivity contribution < 1.29 is 34.8 Å². The average Bonchev–Trinajstić information content (AvgIpc) is 3.04. The summed E-state index contributed by atoms with van der Waals surface area (Å²) in [5, 5.41) is 44.1. The van der Waals surface area contributed by atoms with E-state index in [1.165, 1.54) is 6.92 Å². The third kappa shape index (κ3) is 4.38. The van der Waals surface area contributed by atoms with Gasteiger partial charge >= 0.3 is 5.97 Å². The number of hydrogen-bond donors (Lipinski definition) is 4. The lowest BCUT2D eigenvalue weighted by atomic mass is 9.45. The predicted octanol–water partition coefficient (Wildman–Crippen LogP) is 3.31. The highest BCUT2D eigenvalue weighted by atomic mass is 16.6. The van der Waals surface area contributed by atoms with Crippen LogP contribution in [-0.2, 0) is 14.3 Å². The minimum atomic E-state index is -1.14. The van der Waals surface area contributed by atoms with Crippen molar-refractivity contribution in [2.45, 2.75) is 122 Å². The first-order valence-corrected chi connectivity index (χ1v) is 13.8. The standard InChI is InChI=1S/C29H46O7/c1-16(22(31)9-10-26(3,4)34)18-8-12-29(35)20-13-23(32)21-14-24(33)25(36-17(2)30)15-27(21,5)19(20)7-11-28(18,29)6/h13,16,18-19,21-22,24-25,31,33-35H,7-12,14-15H2,1-6H3/t16-,18+,19?,21-,22+,24+,25-,27+,28+,29+/m0/s1. The third-order valence-electron chi connectivity index (χ3n) is 10.8. The van der Waals surface area contributed by atoms with E-state index in [0.29, 0.717) is 25.7 Å². The average molecular weight is 507 g/mol. The number of aliphatic hydroxyl groups excluding tert-OH is 2. The molecule has 0 aromatic rings. The minimum absolute atomic E-state index is 0.0296. The van der Waals surface area contributed by atoms with Crippen LogP contribution in [-0.4, -0.2) is 61.7 Å². The van der Waals surface area contributed by atoms with E-state index >= 15 is 0 Å². The van der Waals surface area contributed by atoms with Crippen LogP contribution in [0, 0.1) is 34.5 Å². The number of carbonyl (C=O) groups is 2. The second-order valence-corrected chi connectivity index (χ2v) is 13.5. The zero-order valence-corrected chi connectivity index (χ0v) is 22.8. The van der Waals surface area contributed by atoms with Crippen molar-refractivity contribution in [3.8, 4) is 0 Å². The molecule has 204 valence electrons. The van der Waals surface area contributed by atoms with Crippen molar-refractivity contribution in [2.24, 2.45) is 34.5 Å². The number of ether oxygens (including phenoxy) is 1. The van der Waals surface area contributed by atoms with Crippen LogP contribution < -0.4 is 0 Å². The molecule has 7 nitrogen and oxygen atoms in total. The lowest BCUT2D eigenvalue weighted by Crippen LogP contribution is -2.61. The molecule has 0 saturated heterocycles. The van der Waals surface area contributed by atoms with Crippen molar-refractivity contribution in [3.63, 3.8) is 0 Å². The van der Waals surface area contributed by atoms with Gasteiger partial charge in [-0.05, 0) is 100 Å². The Balaban J connectivity index is 1.62. The van der Waals surface area contributed by atoms with Crippen LogP contribution in [0.2, 0.25) is 0 Å². The Hall–Kier alpha value is -1.28. The summed E-state index contributed by atoms with van der Waals surface area (Å²) >= 11 is 0. The molecule has 36 heavy (non-hydrogen) atoms. The number of ketones is 1. The highest BCUT2D eigenvalue weighted by molar-refractivity contribution is 5.95. The van der Waals surface area contributed by atoms with Crippen molar-refractivity contribution in [3.05, 3.63) is 11.6 Å². The molecule has 0 bridgehead atoms. The summed E-state index contributed by atoms with van der Waals surface area (Å²) in [5.74, 6) is -0.847. The molecule has 4 aliphatic rings. The van der Waals surface area contributed by atoms with Crippen LogP contribution in [0.1, 0.15) is 92.9 Å². The highest BCUT2D eigenvalue weighted by Gasteiger charge is 2.67. The molecule has 7 heteroatoms. The van der Waals surface area contributed by atoms with Gasteiger partial charge in [0.25, 0.3) is 0 Å². The number of esters is 1. The zero-order chi connectivity index (χ0) is 26.8. The summed E-state index contributed by atoms with van der Waals surface area (Å²) < 4.78 is 5.46. The molecular formula is C29H46O7. The Morgan fingerprint density at radius 2 is 1.89 bits per heavy atom. The lowest BCUT2D eigenvalue weighted by Gasteiger charge is -2.60. The molecule has 3 fully saturated rings. The first-order valence-electron chi connectivity index (χ1n) is 13.8. The number of rotatable bonds is 6. The molecule has 0 amide bonds. The van der Waals surface area contributed by atoms with Gasteiger partial charge < -0.3 is 25.2 Å². The van der Waals surface area contributed by atoms with Gasteiger partial charge in [-0.15, -0.1) is 0 Å². The van der Waals surface area contributed by atoms with Crippen molar-refractivity contribution in [2.75, 3.05) is 0 Å². The number of allylic oxidation sites excluding steroid dienone is 1. The Bertz CT molecular complexity index is 921. The van der Waals surface area contributed by atoms with Gasteiger partial charge in [-0.2, -0.15) is 0 Å². The number of carbonyl (C=O) groups excluding carboxylic acids is 2. The topological polar surface area (TPSA) is 124 Å².